The normalized spacial score (nSPS) is 12.6. The van der Waals surface area contributed by atoms with E-state index in [-0.39, 0.29) is 16.6 Å². The van der Waals surface area contributed by atoms with Gasteiger partial charge in [-0.15, -0.1) is 0 Å². The molecule has 0 saturated heterocycles. The molecule has 0 aliphatic carbocycles. The Bertz CT molecular complexity index is 951. The number of carbonyl (C=O) groups is 2. The lowest BCUT2D eigenvalue weighted by Crippen LogP contribution is -2.44. The Morgan fingerprint density at radius 1 is 1.04 bits per heavy atom. The van der Waals surface area contributed by atoms with E-state index in [0.717, 1.165) is 5.56 Å². The Hall–Kier alpha value is -2.51. The van der Waals surface area contributed by atoms with Crippen molar-refractivity contribution >= 4 is 27.4 Å². The van der Waals surface area contributed by atoms with Gasteiger partial charge >= 0.3 is 0 Å². The van der Waals surface area contributed by atoms with Crippen molar-refractivity contribution in [1.82, 2.24) is 4.72 Å². The van der Waals surface area contributed by atoms with Gasteiger partial charge in [0, 0.05) is 11.3 Å². The van der Waals surface area contributed by atoms with Gasteiger partial charge < -0.3 is 5.32 Å². The second-order valence-electron chi connectivity index (χ2n) is 7.24. The van der Waals surface area contributed by atoms with Gasteiger partial charge in [0.2, 0.25) is 15.9 Å². The minimum atomic E-state index is -3.85. The number of ketones is 1. The predicted octanol–water partition coefficient (Wildman–Crippen LogP) is 3.53. The molecule has 1 atom stereocenters. The molecule has 0 fully saturated rings. The number of hydrogen-bond acceptors (Lipinski definition) is 4. The molecule has 2 aromatic carbocycles. The van der Waals surface area contributed by atoms with Crippen molar-refractivity contribution in [3.63, 3.8) is 0 Å². The first-order chi connectivity index (χ1) is 13.1. The Morgan fingerprint density at radius 2 is 1.68 bits per heavy atom. The van der Waals surface area contributed by atoms with Crippen molar-refractivity contribution in [3.05, 3.63) is 59.7 Å². The summed E-state index contributed by atoms with van der Waals surface area (Å²) >= 11 is 0. The number of sulfonamides is 1. The van der Waals surface area contributed by atoms with Crippen LogP contribution in [-0.2, 0) is 14.8 Å². The molecule has 2 N–H and O–H groups in total. The predicted molar refractivity (Wildman–Crippen MR) is 110 cm³/mol. The molecule has 2 rings (SSSR count). The number of rotatable bonds is 8. The molecule has 2 aromatic rings. The van der Waals surface area contributed by atoms with Crippen molar-refractivity contribution in [2.24, 2.45) is 5.92 Å². The molecule has 1 unspecified atom stereocenters. The van der Waals surface area contributed by atoms with Crippen LogP contribution in [0.1, 0.15) is 43.1 Å². The number of benzene rings is 2. The highest BCUT2D eigenvalue weighted by molar-refractivity contribution is 7.89. The van der Waals surface area contributed by atoms with Crippen LogP contribution in [0.3, 0.4) is 0 Å². The second-order valence-corrected chi connectivity index (χ2v) is 8.96. The van der Waals surface area contributed by atoms with E-state index in [1.807, 2.05) is 20.8 Å². The lowest BCUT2D eigenvalue weighted by molar-refractivity contribution is -0.118. The maximum atomic E-state index is 12.8. The van der Waals surface area contributed by atoms with Crippen molar-refractivity contribution in [1.29, 1.82) is 0 Å². The van der Waals surface area contributed by atoms with E-state index >= 15 is 0 Å². The molecule has 0 saturated carbocycles. The number of Topliss-reactive ketones (excluding diaryl/α,β-unsaturated/α-hetero) is 1. The number of hydrogen-bond donors (Lipinski definition) is 2. The minimum absolute atomic E-state index is 0.0972. The third-order valence-electron chi connectivity index (χ3n) is 4.19. The van der Waals surface area contributed by atoms with Gasteiger partial charge in [-0.1, -0.05) is 43.7 Å². The number of carbonyl (C=O) groups excluding carboxylic acids is 2. The molecule has 0 aliphatic rings. The van der Waals surface area contributed by atoms with Gasteiger partial charge in [0.05, 0.1) is 4.90 Å². The summed E-state index contributed by atoms with van der Waals surface area (Å²) in [6.07, 6.45) is 0.337. The van der Waals surface area contributed by atoms with E-state index in [2.05, 4.69) is 10.0 Å². The highest BCUT2D eigenvalue weighted by atomic mass is 32.2. The molecule has 0 heterocycles. The molecule has 7 heteroatoms. The van der Waals surface area contributed by atoms with E-state index < -0.39 is 22.0 Å². The zero-order valence-corrected chi connectivity index (χ0v) is 17.3. The average Bonchev–Trinajstić information content (AvgIpc) is 2.61. The third kappa shape index (κ3) is 6.00. The van der Waals surface area contributed by atoms with Gasteiger partial charge in [-0.2, -0.15) is 4.72 Å². The van der Waals surface area contributed by atoms with Crippen molar-refractivity contribution in [2.45, 2.75) is 45.1 Å². The number of anilines is 1. The van der Waals surface area contributed by atoms with Crippen LogP contribution in [-0.4, -0.2) is 26.2 Å². The summed E-state index contributed by atoms with van der Waals surface area (Å²) in [4.78, 5) is 24.4. The fraction of sp³-hybridized carbons (Fsp3) is 0.333. The van der Waals surface area contributed by atoms with Crippen molar-refractivity contribution in [2.75, 3.05) is 5.32 Å². The van der Waals surface area contributed by atoms with Crippen LogP contribution >= 0.6 is 0 Å². The van der Waals surface area contributed by atoms with Crippen LogP contribution in [0, 0.1) is 12.8 Å². The van der Waals surface area contributed by atoms with Gasteiger partial charge in [-0.05, 0) is 50.5 Å². The maximum absolute atomic E-state index is 12.8. The monoisotopic (exact) mass is 402 g/mol. The summed E-state index contributed by atoms with van der Waals surface area (Å²) in [5, 5.41) is 2.71. The number of aryl methyl sites for hydroxylation is 1. The zero-order valence-electron chi connectivity index (χ0n) is 16.5. The Balaban J connectivity index is 2.22. The van der Waals surface area contributed by atoms with Gasteiger partial charge in [-0.3, -0.25) is 9.59 Å². The van der Waals surface area contributed by atoms with E-state index in [9.17, 15) is 18.0 Å². The highest BCUT2D eigenvalue weighted by Crippen LogP contribution is 2.16. The topological polar surface area (TPSA) is 92.3 Å². The Morgan fingerprint density at radius 3 is 2.25 bits per heavy atom. The fourth-order valence-corrected chi connectivity index (χ4v) is 3.91. The second kappa shape index (κ2) is 9.12. The highest BCUT2D eigenvalue weighted by Gasteiger charge is 2.26. The molecule has 28 heavy (non-hydrogen) atoms. The van der Waals surface area contributed by atoms with E-state index in [1.54, 1.807) is 36.4 Å². The van der Waals surface area contributed by atoms with Crippen LogP contribution in [0.2, 0.25) is 0 Å². The summed E-state index contributed by atoms with van der Waals surface area (Å²) < 4.78 is 27.9. The molecule has 1 amide bonds. The first-order valence-corrected chi connectivity index (χ1v) is 10.6. The smallest absolute Gasteiger partial charge is 0.242 e. The largest absolute Gasteiger partial charge is 0.325 e. The van der Waals surface area contributed by atoms with Crippen molar-refractivity contribution < 1.29 is 18.0 Å². The van der Waals surface area contributed by atoms with Gasteiger partial charge in [0.25, 0.3) is 0 Å². The average molecular weight is 403 g/mol. The SMILES string of the molecule is CC(=O)c1cccc(NC(=O)C(CC(C)C)NS(=O)(=O)c2ccc(C)cc2)c1. The van der Waals surface area contributed by atoms with Crippen LogP contribution in [0.25, 0.3) is 0 Å². The van der Waals surface area contributed by atoms with E-state index in [4.69, 9.17) is 0 Å². The maximum Gasteiger partial charge on any atom is 0.242 e. The molecule has 0 aliphatic heterocycles. The molecule has 0 aromatic heterocycles. The molecule has 0 spiro atoms. The van der Waals surface area contributed by atoms with Crippen LogP contribution < -0.4 is 10.0 Å². The summed E-state index contributed by atoms with van der Waals surface area (Å²) in [5.41, 5.74) is 1.86. The number of nitrogens with one attached hydrogen (secondary N) is 2. The zero-order chi connectivity index (χ0) is 20.9. The van der Waals surface area contributed by atoms with E-state index in [1.165, 1.54) is 19.1 Å². The van der Waals surface area contributed by atoms with Crippen LogP contribution in [0.5, 0.6) is 0 Å². The fourth-order valence-electron chi connectivity index (χ4n) is 2.70. The van der Waals surface area contributed by atoms with Gasteiger partial charge in [0.1, 0.15) is 6.04 Å². The molecular weight excluding hydrogens is 376 g/mol. The molecule has 0 bridgehead atoms. The summed E-state index contributed by atoms with van der Waals surface area (Å²) in [6.45, 7) is 7.14. The molecule has 6 nitrogen and oxygen atoms in total. The first kappa shape index (κ1) is 21.8. The van der Waals surface area contributed by atoms with E-state index in [0.29, 0.717) is 17.7 Å². The summed E-state index contributed by atoms with van der Waals surface area (Å²) in [7, 11) is -3.85. The summed E-state index contributed by atoms with van der Waals surface area (Å²) in [6, 6.07) is 12.1. The number of amides is 1. The Kier molecular flexibility index (Phi) is 7.10. The molecule has 0 radical (unpaired) electrons. The van der Waals surface area contributed by atoms with Crippen LogP contribution in [0.4, 0.5) is 5.69 Å². The van der Waals surface area contributed by atoms with Crippen LogP contribution in [0.15, 0.2) is 53.4 Å². The van der Waals surface area contributed by atoms with Crippen molar-refractivity contribution in [3.8, 4) is 0 Å². The third-order valence-corrected chi connectivity index (χ3v) is 5.68. The lowest BCUT2D eigenvalue weighted by Gasteiger charge is -2.20. The molecule has 150 valence electrons. The summed E-state index contributed by atoms with van der Waals surface area (Å²) in [5.74, 6) is -0.486. The molecular formula is C21H26N2O4S. The minimum Gasteiger partial charge on any atom is -0.325 e. The standard InChI is InChI=1S/C21H26N2O4S/c1-14(2)12-20(23-28(26,27)19-10-8-15(3)9-11-19)21(25)22-18-7-5-6-17(13-18)16(4)24/h5-11,13-14,20,23H,12H2,1-4H3,(H,22,25). The van der Waals surface area contributed by atoms with Gasteiger partial charge in [-0.25, -0.2) is 8.42 Å². The first-order valence-electron chi connectivity index (χ1n) is 9.09. The Labute approximate surface area is 166 Å². The quantitative estimate of drug-likeness (QED) is 0.661. The lowest BCUT2D eigenvalue weighted by atomic mass is 10.0. The van der Waals surface area contributed by atoms with Gasteiger partial charge in [0.15, 0.2) is 5.78 Å².